The van der Waals surface area contributed by atoms with E-state index in [9.17, 15) is 4.79 Å². The molecule has 1 atom stereocenters. The SMILES string of the molecule is CN(C)C(CNC(=O)c1cc2c(s1)-c1ccccc1OC2)c1cccs1. The molecule has 4 nitrogen and oxygen atoms in total. The van der Waals surface area contributed by atoms with Crippen molar-refractivity contribution in [2.75, 3.05) is 20.6 Å². The Morgan fingerprint density at radius 1 is 1.27 bits per heavy atom. The van der Waals surface area contributed by atoms with E-state index in [1.54, 1.807) is 22.7 Å². The summed E-state index contributed by atoms with van der Waals surface area (Å²) in [5, 5.41) is 5.17. The highest BCUT2D eigenvalue weighted by molar-refractivity contribution is 7.17. The summed E-state index contributed by atoms with van der Waals surface area (Å²) >= 11 is 3.25. The van der Waals surface area contributed by atoms with Gasteiger partial charge in [-0.15, -0.1) is 22.7 Å². The molecule has 134 valence electrons. The second-order valence-corrected chi connectivity index (χ2v) is 8.49. The lowest BCUT2D eigenvalue weighted by Crippen LogP contribution is -2.33. The molecule has 1 unspecified atom stereocenters. The second kappa shape index (κ2) is 7.23. The number of thiophene rings is 2. The number of benzene rings is 1. The second-order valence-electron chi connectivity index (χ2n) is 6.45. The zero-order valence-corrected chi connectivity index (χ0v) is 16.3. The molecule has 0 fully saturated rings. The Morgan fingerprint density at radius 2 is 2.12 bits per heavy atom. The molecule has 1 aliphatic heterocycles. The zero-order valence-electron chi connectivity index (χ0n) is 14.7. The van der Waals surface area contributed by atoms with Crippen molar-refractivity contribution in [2.24, 2.45) is 0 Å². The van der Waals surface area contributed by atoms with E-state index < -0.39 is 0 Å². The van der Waals surface area contributed by atoms with Crippen LogP contribution < -0.4 is 10.1 Å². The molecule has 26 heavy (non-hydrogen) atoms. The number of nitrogens with zero attached hydrogens (tertiary/aromatic N) is 1. The molecule has 1 amide bonds. The van der Waals surface area contributed by atoms with Gasteiger partial charge in [0.05, 0.1) is 10.9 Å². The topological polar surface area (TPSA) is 41.6 Å². The van der Waals surface area contributed by atoms with Crippen LogP contribution in [0.2, 0.25) is 0 Å². The van der Waals surface area contributed by atoms with Gasteiger partial charge in [-0.3, -0.25) is 4.79 Å². The van der Waals surface area contributed by atoms with Gasteiger partial charge in [-0.25, -0.2) is 0 Å². The molecule has 4 rings (SSSR count). The zero-order chi connectivity index (χ0) is 18.1. The average molecular weight is 385 g/mol. The Bertz CT molecular complexity index is 916. The molecule has 6 heteroatoms. The van der Waals surface area contributed by atoms with Crippen LogP contribution in [0.15, 0.2) is 47.8 Å². The molecule has 1 N–H and O–H groups in total. The van der Waals surface area contributed by atoms with Crippen molar-refractivity contribution >= 4 is 28.6 Å². The fraction of sp³-hybridized carbons (Fsp3) is 0.250. The van der Waals surface area contributed by atoms with Gasteiger partial charge in [0.1, 0.15) is 12.4 Å². The molecule has 2 aromatic heterocycles. The van der Waals surface area contributed by atoms with Crippen LogP contribution in [0, 0.1) is 0 Å². The summed E-state index contributed by atoms with van der Waals surface area (Å²) < 4.78 is 5.79. The van der Waals surface area contributed by atoms with Crippen LogP contribution in [0.3, 0.4) is 0 Å². The van der Waals surface area contributed by atoms with E-state index in [1.807, 2.05) is 50.5 Å². The minimum Gasteiger partial charge on any atom is -0.488 e. The first-order chi connectivity index (χ1) is 12.6. The fourth-order valence-corrected chi connectivity index (χ4v) is 5.14. The normalized spacial score (nSPS) is 13.7. The maximum absolute atomic E-state index is 12.7. The highest BCUT2D eigenvalue weighted by Gasteiger charge is 2.23. The van der Waals surface area contributed by atoms with Gasteiger partial charge in [0, 0.05) is 27.4 Å². The van der Waals surface area contributed by atoms with Crippen molar-refractivity contribution in [1.29, 1.82) is 0 Å². The van der Waals surface area contributed by atoms with E-state index in [-0.39, 0.29) is 11.9 Å². The van der Waals surface area contributed by atoms with Crippen LogP contribution in [0.25, 0.3) is 10.4 Å². The van der Waals surface area contributed by atoms with Gasteiger partial charge in [0.25, 0.3) is 5.91 Å². The van der Waals surface area contributed by atoms with Gasteiger partial charge >= 0.3 is 0 Å². The Kier molecular flexibility index (Phi) is 4.80. The predicted octanol–water partition coefficient (Wildman–Crippen LogP) is 4.40. The minimum atomic E-state index is -0.0229. The number of para-hydroxylation sites is 1. The maximum Gasteiger partial charge on any atom is 0.261 e. The number of likely N-dealkylation sites (N-methyl/N-ethyl adjacent to an activating group) is 1. The van der Waals surface area contributed by atoms with E-state index in [0.29, 0.717) is 13.2 Å². The number of nitrogens with one attached hydrogen (secondary N) is 1. The number of rotatable bonds is 5. The van der Waals surface area contributed by atoms with Crippen molar-refractivity contribution in [2.45, 2.75) is 12.6 Å². The Morgan fingerprint density at radius 3 is 2.88 bits per heavy atom. The van der Waals surface area contributed by atoms with Crippen LogP contribution in [-0.2, 0) is 6.61 Å². The molecular formula is C20H20N2O2S2. The molecule has 1 aliphatic rings. The van der Waals surface area contributed by atoms with Gasteiger partial charge in [-0.1, -0.05) is 18.2 Å². The van der Waals surface area contributed by atoms with E-state index in [0.717, 1.165) is 26.6 Å². The summed E-state index contributed by atoms with van der Waals surface area (Å²) in [6, 6.07) is 14.3. The molecule has 0 saturated heterocycles. The Balaban J connectivity index is 1.51. The van der Waals surface area contributed by atoms with Crippen molar-refractivity contribution < 1.29 is 9.53 Å². The van der Waals surface area contributed by atoms with E-state index in [1.165, 1.54) is 4.88 Å². The quantitative estimate of drug-likeness (QED) is 0.709. The van der Waals surface area contributed by atoms with Crippen LogP contribution in [0.4, 0.5) is 0 Å². The lowest BCUT2D eigenvalue weighted by molar-refractivity contribution is 0.0946. The van der Waals surface area contributed by atoms with Gasteiger partial charge in [0.2, 0.25) is 0 Å². The lowest BCUT2D eigenvalue weighted by atomic mass is 10.1. The minimum absolute atomic E-state index is 0.0229. The van der Waals surface area contributed by atoms with Crippen molar-refractivity contribution in [3.63, 3.8) is 0 Å². The van der Waals surface area contributed by atoms with Crippen LogP contribution in [0.1, 0.15) is 26.2 Å². The Labute approximate surface area is 161 Å². The first kappa shape index (κ1) is 17.3. The summed E-state index contributed by atoms with van der Waals surface area (Å²) in [6.45, 7) is 1.10. The molecule has 0 aliphatic carbocycles. The smallest absolute Gasteiger partial charge is 0.261 e. The fourth-order valence-electron chi connectivity index (χ4n) is 3.11. The number of hydrogen-bond acceptors (Lipinski definition) is 5. The molecule has 1 aromatic carbocycles. The van der Waals surface area contributed by atoms with E-state index in [4.69, 9.17) is 4.74 Å². The lowest BCUT2D eigenvalue weighted by Gasteiger charge is -2.23. The van der Waals surface area contributed by atoms with Gasteiger partial charge in [0.15, 0.2) is 0 Å². The predicted molar refractivity (Wildman–Crippen MR) is 107 cm³/mol. The molecule has 3 heterocycles. The summed E-state index contributed by atoms with van der Waals surface area (Å²) in [5.41, 5.74) is 2.16. The van der Waals surface area contributed by atoms with Crippen LogP contribution in [0.5, 0.6) is 5.75 Å². The summed E-state index contributed by atoms with van der Waals surface area (Å²) in [7, 11) is 4.07. The summed E-state index contributed by atoms with van der Waals surface area (Å²) in [4.78, 5) is 18.0. The summed E-state index contributed by atoms with van der Waals surface area (Å²) in [5.74, 6) is 0.865. The third kappa shape index (κ3) is 3.28. The number of amides is 1. The van der Waals surface area contributed by atoms with E-state index >= 15 is 0 Å². The van der Waals surface area contributed by atoms with Crippen molar-refractivity contribution in [3.8, 4) is 16.2 Å². The average Bonchev–Trinajstić information content (AvgIpc) is 3.31. The molecule has 0 spiro atoms. The monoisotopic (exact) mass is 384 g/mol. The number of ether oxygens (including phenoxy) is 1. The number of hydrogen-bond donors (Lipinski definition) is 1. The highest BCUT2D eigenvalue weighted by atomic mass is 32.1. The summed E-state index contributed by atoms with van der Waals surface area (Å²) in [6.07, 6.45) is 0. The first-order valence-corrected chi connectivity index (χ1v) is 10.2. The maximum atomic E-state index is 12.7. The largest absolute Gasteiger partial charge is 0.488 e. The molecule has 0 radical (unpaired) electrons. The molecule has 0 bridgehead atoms. The van der Waals surface area contributed by atoms with Crippen molar-refractivity contribution in [1.82, 2.24) is 10.2 Å². The first-order valence-electron chi connectivity index (χ1n) is 8.46. The van der Waals surface area contributed by atoms with Gasteiger partial charge < -0.3 is 15.0 Å². The van der Waals surface area contributed by atoms with Crippen LogP contribution in [-0.4, -0.2) is 31.4 Å². The third-order valence-corrected chi connectivity index (χ3v) is 6.68. The Hall–Kier alpha value is -2.15. The van der Waals surface area contributed by atoms with Gasteiger partial charge in [-0.05, 0) is 43.7 Å². The third-order valence-electron chi connectivity index (χ3n) is 4.50. The standard InChI is InChI=1S/C20H20N2O2S2/c1-22(2)15(17-8-5-9-25-17)11-21-20(23)18-10-13-12-24-16-7-4-3-6-14(16)19(13)26-18/h3-10,15H,11-12H2,1-2H3,(H,21,23). The number of carbonyl (C=O) groups is 1. The molecular weight excluding hydrogens is 364 g/mol. The van der Waals surface area contributed by atoms with Gasteiger partial charge in [-0.2, -0.15) is 0 Å². The number of carbonyl (C=O) groups excluding carboxylic acids is 1. The van der Waals surface area contributed by atoms with Crippen molar-refractivity contribution in [3.05, 3.63) is 63.2 Å². The molecule has 0 saturated carbocycles. The van der Waals surface area contributed by atoms with E-state index in [2.05, 4.69) is 21.7 Å². The van der Waals surface area contributed by atoms with Crippen LogP contribution >= 0.6 is 22.7 Å². The molecule has 3 aromatic rings. The highest BCUT2D eigenvalue weighted by Crippen LogP contribution is 2.42. The number of fused-ring (bicyclic) bond motifs is 3.